The van der Waals surface area contributed by atoms with Crippen molar-refractivity contribution < 1.29 is 4.79 Å². The number of aromatic nitrogens is 4. The Hall–Kier alpha value is -3.48. The zero-order chi connectivity index (χ0) is 21.1. The molecule has 0 aliphatic rings. The van der Waals surface area contributed by atoms with E-state index in [2.05, 4.69) is 20.4 Å². The molecule has 2 N–H and O–H groups in total. The first kappa shape index (κ1) is 19.8. The van der Waals surface area contributed by atoms with E-state index in [1.165, 1.54) is 4.68 Å². The van der Waals surface area contributed by atoms with E-state index in [1.54, 1.807) is 6.07 Å². The Morgan fingerprint density at radius 3 is 2.60 bits per heavy atom. The predicted octanol–water partition coefficient (Wildman–Crippen LogP) is 2.83. The minimum atomic E-state index is -0.126. The van der Waals surface area contributed by atoms with Gasteiger partial charge >= 0.3 is 0 Å². The van der Waals surface area contributed by atoms with Crippen LogP contribution in [0.25, 0.3) is 21.8 Å². The summed E-state index contributed by atoms with van der Waals surface area (Å²) in [5, 5.41) is 8.76. The van der Waals surface area contributed by atoms with Crippen LogP contribution in [0.1, 0.15) is 25.4 Å². The van der Waals surface area contributed by atoms with E-state index in [1.807, 2.05) is 56.3 Å². The minimum absolute atomic E-state index is 0.117. The third-order valence-corrected chi connectivity index (χ3v) is 4.93. The molecule has 0 spiro atoms. The van der Waals surface area contributed by atoms with Crippen molar-refractivity contribution in [2.45, 2.75) is 33.2 Å². The fraction of sp³-hybridized carbons (Fsp3) is 0.304. The highest BCUT2D eigenvalue weighted by Crippen LogP contribution is 2.14. The lowest BCUT2D eigenvalue weighted by atomic mass is 10.1. The lowest BCUT2D eigenvalue weighted by molar-refractivity contribution is -0.120. The lowest BCUT2D eigenvalue weighted by Gasteiger charge is -2.12. The Balaban J connectivity index is 1.47. The van der Waals surface area contributed by atoms with E-state index >= 15 is 0 Å². The molecule has 0 fully saturated rings. The van der Waals surface area contributed by atoms with E-state index in [9.17, 15) is 9.59 Å². The van der Waals surface area contributed by atoms with Crippen LogP contribution in [0.3, 0.4) is 0 Å². The topological polar surface area (TPSA) is 92.7 Å². The second kappa shape index (κ2) is 8.49. The van der Waals surface area contributed by atoms with Gasteiger partial charge in [-0.25, -0.2) is 9.67 Å². The molecular weight excluding hydrogens is 378 g/mol. The largest absolute Gasteiger partial charge is 0.355 e. The number of hydrogen-bond donors (Lipinski definition) is 2. The summed E-state index contributed by atoms with van der Waals surface area (Å²) in [5.41, 5.74) is 2.41. The van der Waals surface area contributed by atoms with Crippen molar-refractivity contribution in [1.82, 2.24) is 25.1 Å². The van der Waals surface area contributed by atoms with Gasteiger partial charge in [0.05, 0.1) is 28.5 Å². The summed E-state index contributed by atoms with van der Waals surface area (Å²) in [6.45, 7) is 5.06. The zero-order valence-corrected chi connectivity index (χ0v) is 17.2. The molecule has 2 aromatic heterocycles. The number of para-hydroxylation sites is 2. The van der Waals surface area contributed by atoms with Crippen molar-refractivity contribution in [2.24, 2.45) is 5.92 Å². The highest BCUT2D eigenvalue weighted by Gasteiger charge is 2.14. The Labute approximate surface area is 174 Å². The molecule has 1 amide bonds. The number of amides is 1. The average molecular weight is 403 g/mol. The van der Waals surface area contributed by atoms with E-state index < -0.39 is 0 Å². The minimum Gasteiger partial charge on any atom is -0.355 e. The molecule has 30 heavy (non-hydrogen) atoms. The van der Waals surface area contributed by atoms with Crippen molar-refractivity contribution in [1.29, 1.82) is 0 Å². The van der Waals surface area contributed by atoms with Gasteiger partial charge in [0.1, 0.15) is 5.82 Å². The number of rotatable bonds is 7. The molecule has 0 aliphatic heterocycles. The van der Waals surface area contributed by atoms with Crippen LogP contribution in [0.4, 0.5) is 0 Å². The summed E-state index contributed by atoms with van der Waals surface area (Å²) in [5.74, 6) is 0.992. The number of imidazole rings is 1. The summed E-state index contributed by atoms with van der Waals surface area (Å²) in [6.07, 6.45) is 0.737. The molecule has 0 atom stereocenters. The summed E-state index contributed by atoms with van der Waals surface area (Å²) >= 11 is 0. The number of hydrogen-bond acceptors (Lipinski definition) is 4. The number of nitrogens with one attached hydrogen (secondary N) is 2. The number of benzene rings is 2. The first-order valence-electron chi connectivity index (χ1n) is 10.2. The van der Waals surface area contributed by atoms with Crippen LogP contribution in [0.15, 0.2) is 53.3 Å². The van der Waals surface area contributed by atoms with Gasteiger partial charge in [-0.1, -0.05) is 44.2 Å². The third-order valence-electron chi connectivity index (χ3n) is 4.93. The monoisotopic (exact) mass is 403 g/mol. The number of carbonyl (C=O) groups is 1. The van der Waals surface area contributed by atoms with Crippen molar-refractivity contribution in [3.63, 3.8) is 0 Å². The molecular formula is C23H25N5O2. The molecule has 2 aromatic carbocycles. The number of fused-ring (bicyclic) bond motifs is 2. The molecule has 7 nitrogen and oxygen atoms in total. The highest BCUT2D eigenvalue weighted by molar-refractivity contribution is 5.88. The predicted molar refractivity (Wildman–Crippen MR) is 117 cm³/mol. The van der Waals surface area contributed by atoms with E-state index in [-0.39, 0.29) is 23.8 Å². The molecule has 0 aliphatic carbocycles. The summed E-state index contributed by atoms with van der Waals surface area (Å²) in [6, 6.07) is 15.2. The van der Waals surface area contributed by atoms with Crippen LogP contribution < -0.4 is 10.9 Å². The maximum absolute atomic E-state index is 12.7. The van der Waals surface area contributed by atoms with Crippen molar-refractivity contribution in [3.05, 3.63) is 70.4 Å². The van der Waals surface area contributed by atoms with Gasteiger partial charge in [-0.3, -0.25) is 9.59 Å². The van der Waals surface area contributed by atoms with Crippen molar-refractivity contribution >= 4 is 27.7 Å². The van der Waals surface area contributed by atoms with Gasteiger partial charge in [0.2, 0.25) is 5.91 Å². The molecule has 4 aromatic rings. The second-order valence-electron chi connectivity index (χ2n) is 7.85. The number of carbonyl (C=O) groups excluding carboxylic acids is 1. The molecule has 0 saturated heterocycles. The van der Waals surface area contributed by atoms with Crippen LogP contribution in [0, 0.1) is 5.92 Å². The zero-order valence-electron chi connectivity index (χ0n) is 17.2. The molecule has 7 heteroatoms. The van der Waals surface area contributed by atoms with Crippen molar-refractivity contribution in [3.8, 4) is 0 Å². The number of nitrogens with zero attached hydrogens (tertiary/aromatic N) is 3. The van der Waals surface area contributed by atoms with Crippen LogP contribution in [-0.2, 0) is 24.2 Å². The van der Waals surface area contributed by atoms with Crippen LogP contribution in [-0.4, -0.2) is 32.2 Å². The molecule has 0 unspecified atom stereocenters. The molecule has 0 bridgehead atoms. The average Bonchev–Trinajstić information content (AvgIpc) is 3.14. The van der Waals surface area contributed by atoms with E-state index in [0.717, 1.165) is 22.2 Å². The van der Waals surface area contributed by atoms with Crippen LogP contribution >= 0.6 is 0 Å². The smallest absolute Gasteiger partial charge is 0.274 e. The van der Waals surface area contributed by atoms with Gasteiger partial charge < -0.3 is 10.3 Å². The first-order valence-corrected chi connectivity index (χ1v) is 10.2. The second-order valence-corrected chi connectivity index (χ2v) is 7.85. The van der Waals surface area contributed by atoms with Crippen LogP contribution in [0.5, 0.6) is 0 Å². The standard InChI is InChI=1S/C23H25N5O2/c1-15(2)14-28-23(30)17-8-4-3-7-16(17)20(27-28)13-22(29)24-12-11-21-25-18-9-5-6-10-19(18)26-21/h3-10,15H,11-14H2,1-2H3,(H,24,29)(H,25,26). The van der Waals surface area contributed by atoms with E-state index in [4.69, 9.17) is 0 Å². The maximum atomic E-state index is 12.7. The van der Waals surface area contributed by atoms with Gasteiger partial charge in [0.15, 0.2) is 0 Å². The van der Waals surface area contributed by atoms with Gasteiger partial charge in [-0.2, -0.15) is 5.10 Å². The Kier molecular flexibility index (Phi) is 5.61. The number of H-pyrrole nitrogens is 1. The van der Waals surface area contributed by atoms with Gasteiger partial charge in [-0.05, 0) is 24.1 Å². The summed E-state index contributed by atoms with van der Waals surface area (Å²) < 4.78 is 1.48. The maximum Gasteiger partial charge on any atom is 0.274 e. The highest BCUT2D eigenvalue weighted by atomic mass is 16.1. The molecule has 4 rings (SSSR count). The molecule has 0 radical (unpaired) electrons. The normalized spacial score (nSPS) is 11.4. The van der Waals surface area contributed by atoms with Crippen molar-refractivity contribution in [2.75, 3.05) is 6.54 Å². The van der Waals surface area contributed by atoms with Gasteiger partial charge in [-0.15, -0.1) is 0 Å². The quantitative estimate of drug-likeness (QED) is 0.496. The lowest BCUT2D eigenvalue weighted by Crippen LogP contribution is -2.31. The molecule has 0 saturated carbocycles. The fourth-order valence-electron chi connectivity index (χ4n) is 3.56. The Morgan fingerprint density at radius 1 is 1.10 bits per heavy atom. The summed E-state index contributed by atoms with van der Waals surface area (Å²) in [4.78, 5) is 33.1. The van der Waals surface area contributed by atoms with Gasteiger partial charge in [0, 0.05) is 24.9 Å². The third kappa shape index (κ3) is 4.25. The van der Waals surface area contributed by atoms with E-state index in [0.29, 0.717) is 30.6 Å². The molecule has 154 valence electrons. The fourth-order valence-corrected chi connectivity index (χ4v) is 3.56. The Bertz CT molecular complexity index is 1220. The Morgan fingerprint density at radius 2 is 1.83 bits per heavy atom. The van der Waals surface area contributed by atoms with Gasteiger partial charge in [0.25, 0.3) is 5.56 Å². The summed E-state index contributed by atoms with van der Waals surface area (Å²) in [7, 11) is 0. The SMILES string of the molecule is CC(C)Cn1nc(CC(=O)NCCc2nc3ccccc3[nH]2)c2ccccc2c1=O. The van der Waals surface area contributed by atoms with Crippen LogP contribution in [0.2, 0.25) is 0 Å². The molecule has 2 heterocycles. The number of aromatic amines is 1. The first-order chi connectivity index (χ1) is 14.5.